The molecule has 2 fully saturated rings. The number of nitrogens with zero attached hydrogens (tertiary/aromatic N) is 5. The number of imidazole rings is 1. The Hall–Kier alpha value is -1.74. The zero-order chi connectivity index (χ0) is 17.8. The van der Waals surface area contributed by atoms with Gasteiger partial charge in [0.05, 0.1) is 6.33 Å². The molecule has 0 aromatic carbocycles. The van der Waals surface area contributed by atoms with Crippen LogP contribution in [0.2, 0.25) is 0 Å². The van der Waals surface area contributed by atoms with Crippen LogP contribution in [0, 0.1) is 6.92 Å². The molecule has 0 aliphatic carbocycles. The summed E-state index contributed by atoms with van der Waals surface area (Å²) in [5, 5.41) is 4.18. The van der Waals surface area contributed by atoms with Gasteiger partial charge >= 0.3 is 0 Å². The van der Waals surface area contributed by atoms with Gasteiger partial charge < -0.3 is 9.09 Å². The van der Waals surface area contributed by atoms with Crippen molar-refractivity contribution in [3.05, 3.63) is 24.2 Å². The van der Waals surface area contributed by atoms with Crippen LogP contribution < -0.4 is 0 Å². The summed E-state index contributed by atoms with van der Waals surface area (Å²) in [6, 6.07) is 0.147. The van der Waals surface area contributed by atoms with Crippen molar-refractivity contribution in [3.63, 3.8) is 0 Å². The molecule has 8 nitrogen and oxygen atoms in total. The quantitative estimate of drug-likeness (QED) is 0.825. The highest BCUT2D eigenvalue weighted by Crippen LogP contribution is 2.44. The molecule has 2 aliphatic rings. The molecule has 0 spiro atoms. The SMILES string of the molecule is Cc1nc(C2CC3CCC(C2)N3S(=O)(=O)c2cn(C(C)C)cn2)no1. The Balaban J connectivity index is 1.59. The molecular formula is C16H23N5O3S. The van der Waals surface area contributed by atoms with Crippen molar-refractivity contribution in [1.82, 2.24) is 24.0 Å². The van der Waals surface area contributed by atoms with Gasteiger partial charge in [-0.1, -0.05) is 5.16 Å². The molecule has 0 saturated carbocycles. The molecule has 0 amide bonds. The van der Waals surface area contributed by atoms with Crippen LogP contribution >= 0.6 is 0 Å². The van der Waals surface area contributed by atoms with Crippen LogP contribution in [0.4, 0.5) is 0 Å². The molecule has 0 radical (unpaired) electrons. The Kier molecular flexibility index (Phi) is 3.95. The van der Waals surface area contributed by atoms with Crippen LogP contribution in [0.5, 0.6) is 0 Å². The maximum atomic E-state index is 13.1. The maximum absolute atomic E-state index is 13.1. The number of hydrogen-bond donors (Lipinski definition) is 0. The number of rotatable bonds is 4. The lowest BCUT2D eigenvalue weighted by molar-refractivity contribution is 0.219. The van der Waals surface area contributed by atoms with Crippen molar-refractivity contribution < 1.29 is 12.9 Å². The third-order valence-corrected chi connectivity index (χ3v) is 7.18. The molecule has 2 bridgehead atoms. The third kappa shape index (κ3) is 2.79. The van der Waals surface area contributed by atoms with Gasteiger partial charge in [0.1, 0.15) is 0 Å². The standard InChI is InChI=1S/C16H23N5O3S/c1-10(2)20-8-15(17-9-20)25(22,23)21-13-4-5-14(21)7-12(6-13)16-18-11(3)24-19-16/h8-10,12-14H,4-7H2,1-3H3. The Bertz CT molecular complexity index is 858. The van der Waals surface area contributed by atoms with Crippen molar-refractivity contribution in [3.8, 4) is 0 Å². The van der Waals surface area contributed by atoms with E-state index in [9.17, 15) is 8.42 Å². The number of sulfonamides is 1. The molecule has 136 valence electrons. The van der Waals surface area contributed by atoms with E-state index in [0.717, 1.165) is 25.7 Å². The van der Waals surface area contributed by atoms with Crippen LogP contribution in [0.25, 0.3) is 0 Å². The van der Waals surface area contributed by atoms with Gasteiger partial charge in [-0.2, -0.15) is 9.29 Å². The van der Waals surface area contributed by atoms with E-state index in [1.54, 1.807) is 23.8 Å². The minimum Gasteiger partial charge on any atom is -0.340 e. The van der Waals surface area contributed by atoms with E-state index in [4.69, 9.17) is 4.52 Å². The highest BCUT2D eigenvalue weighted by molar-refractivity contribution is 7.89. The average molecular weight is 365 g/mol. The van der Waals surface area contributed by atoms with Crippen LogP contribution in [0.3, 0.4) is 0 Å². The van der Waals surface area contributed by atoms with Crippen LogP contribution in [-0.4, -0.2) is 44.5 Å². The van der Waals surface area contributed by atoms with E-state index in [-0.39, 0.29) is 29.1 Å². The summed E-state index contributed by atoms with van der Waals surface area (Å²) in [7, 11) is -3.57. The molecule has 4 rings (SSSR count). The molecular weight excluding hydrogens is 342 g/mol. The van der Waals surface area contributed by atoms with Crippen molar-refractivity contribution >= 4 is 10.0 Å². The Morgan fingerprint density at radius 2 is 1.92 bits per heavy atom. The molecule has 2 atom stereocenters. The predicted octanol–water partition coefficient (Wildman–Crippen LogP) is 2.25. The summed E-state index contributed by atoms with van der Waals surface area (Å²) in [6.45, 7) is 5.77. The first-order valence-electron chi connectivity index (χ1n) is 8.73. The number of aryl methyl sites for hydroxylation is 1. The van der Waals surface area contributed by atoms with Gasteiger partial charge in [0.15, 0.2) is 10.9 Å². The van der Waals surface area contributed by atoms with Gasteiger partial charge in [0.2, 0.25) is 5.89 Å². The smallest absolute Gasteiger partial charge is 0.262 e. The lowest BCUT2D eigenvalue weighted by Gasteiger charge is -2.36. The minimum absolute atomic E-state index is 0.0169. The number of fused-ring (bicyclic) bond motifs is 2. The van der Waals surface area contributed by atoms with Crippen molar-refractivity contribution in [2.24, 2.45) is 0 Å². The highest BCUT2D eigenvalue weighted by Gasteiger charge is 2.48. The monoisotopic (exact) mass is 365 g/mol. The second-order valence-corrected chi connectivity index (χ2v) is 9.10. The number of aromatic nitrogens is 4. The normalized spacial score (nSPS) is 27.3. The van der Waals surface area contributed by atoms with Gasteiger partial charge in [-0.3, -0.25) is 0 Å². The predicted molar refractivity (Wildman–Crippen MR) is 89.5 cm³/mol. The average Bonchev–Trinajstić information content (AvgIpc) is 3.26. The molecule has 25 heavy (non-hydrogen) atoms. The van der Waals surface area contributed by atoms with Crippen molar-refractivity contribution in [1.29, 1.82) is 0 Å². The third-order valence-electron chi connectivity index (χ3n) is 5.29. The van der Waals surface area contributed by atoms with Gasteiger partial charge in [-0.05, 0) is 39.5 Å². The Labute approximate surface area is 147 Å². The second kappa shape index (κ2) is 5.91. The van der Waals surface area contributed by atoms with E-state index in [1.807, 2.05) is 18.4 Å². The molecule has 4 heterocycles. The molecule has 2 aromatic heterocycles. The highest BCUT2D eigenvalue weighted by atomic mass is 32.2. The Morgan fingerprint density at radius 3 is 2.44 bits per heavy atom. The van der Waals surface area contributed by atoms with E-state index >= 15 is 0 Å². The van der Waals surface area contributed by atoms with Crippen molar-refractivity contribution in [2.75, 3.05) is 0 Å². The summed E-state index contributed by atoms with van der Waals surface area (Å²) in [5.41, 5.74) is 0. The summed E-state index contributed by atoms with van der Waals surface area (Å²) >= 11 is 0. The molecule has 2 saturated heterocycles. The first-order chi connectivity index (χ1) is 11.9. The minimum atomic E-state index is -3.57. The molecule has 0 N–H and O–H groups in total. The maximum Gasteiger partial charge on any atom is 0.262 e. The summed E-state index contributed by atoms with van der Waals surface area (Å²) in [5.74, 6) is 1.42. The van der Waals surface area contributed by atoms with Crippen LogP contribution in [-0.2, 0) is 10.0 Å². The van der Waals surface area contributed by atoms with Crippen LogP contribution in [0.1, 0.15) is 63.2 Å². The molecule has 2 unspecified atom stereocenters. The largest absolute Gasteiger partial charge is 0.340 e. The molecule has 2 aliphatic heterocycles. The van der Waals surface area contributed by atoms with Gasteiger partial charge in [0, 0.05) is 37.2 Å². The zero-order valence-corrected chi connectivity index (χ0v) is 15.5. The lowest BCUT2D eigenvalue weighted by Crippen LogP contribution is -2.46. The Morgan fingerprint density at radius 1 is 1.24 bits per heavy atom. The first kappa shape index (κ1) is 16.7. The number of hydrogen-bond acceptors (Lipinski definition) is 6. The van der Waals surface area contributed by atoms with E-state index in [1.165, 1.54) is 0 Å². The lowest BCUT2D eigenvalue weighted by atomic mass is 9.92. The van der Waals surface area contributed by atoms with E-state index in [0.29, 0.717) is 11.7 Å². The second-order valence-electron chi connectivity index (χ2n) is 7.31. The first-order valence-corrected chi connectivity index (χ1v) is 10.2. The van der Waals surface area contributed by atoms with Gasteiger partial charge in [-0.15, -0.1) is 0 Å². The fraction of sp³-hybridized carbons (Fsp3) is 0.688. The molecule has 2 aromatic rings. The van der Waals surface area contributed by atoms with E-state index < -0.39 is 10.0 Å². The summed E-state index contributed by atoms with van der Waals surface area (Å²) in [4.78, 5) is 8.49. The fourth-order valence-corrected chi connectivity index (χ4v) is 5.88. The molecule has 9 heteroatoms. The van der Waals surface area contributed by atoms with Crippen molar-refractivity contribution in [2.45, 2.75) is 75.5 Å². The summed E-state index contributed by atoms with van der Waals surface area (Å²) in [6.07, 6.45) is 6.45. The zero-order valence-electron chi connectivity index (χ0n) is 14.7. The summed E-state index contributed by atoms with van der Waals surface area (Å²) < 4.78 is 34.9. The van der Waals surface area contributed by atoms with Gasteiger partial charge in [0.25, 0.3) is 10.0 Å². The topological polar surface area (TPSA) is 94.1 Å². The van der Waals surface area contributed by atoms with Gasteiger partial charge in [-0.25, -0.2) is 13.4 Å². The fourth-order valence-electron chi connectivity index (χ4n) is 4.06. The number of piperidine rings is 1. The van der Waals surface area contributed by atoms with Crippen LogP contribution in [0.15, 0.2) is 22.1 Å². The van der Waals surface area contributed by atoms with E-state index in [2.05, 4.69) is 15.1 Å².